The van der Waals surface area contributed by atoms with Gasteiger partial charge in [-0.05, 0) is 43.4 Å². The highest BCUT2D eigenvalue weighted by atomic mass is 16.2. The van der Waals surface area contributed by atoms with Gasteiger partial charge in [0.25, 0.3) is 0 Å². The van der Waals surface area contributed by atoms with Gasteiger partial charge in [0.2, 0.25) is 5.91 Å². The number of carbonyl (C=O) groups is 1. The molecule has 4 rings (SSSR count). The third-order valence-electron chi connectivity index (χ3n) is 5.07. The van der Waals surface area contributed by atoms with E-state index in [1.165, 1.54) is 5.56 Å². The van der Waals surface area contributed by atoms with Crippen molar-refractivity contribution in [1.82, 2.24) is 15.2 Å². The highest BCUT2D eigenvalue weighted by Crippen LogP contribution is 2.28. The number of rotatable bonds is 6. The topological polar surface area (TPSA) is 59.3 Å². The van der Waals surface area contributed by atoms with Crippen LogP contribution in [0.25, 0.3) is 16.9 Å². The Hall–Kier alpha value is -3.21. The fourth-order valence-corrected chi connectivity index (χ4v) is 3.15. The molecule has 0 spiro atoms. The predicted molar refractivity (Wildman–Crippen MR) is 112 cm³/mol. The standard InChI is InChI=1S/C23H24N4O/c1-3-17-8-10-18(11-9-17)22-20(14-24-25-23(28)19-12-13-19)15-27(26-22)21-7-5-4-6-16(21)2/h4-11,14-15,19H,3,12-13H2,1-2H3,(H,25,28)/b24-14-. The molecule has 142 valence electrons. The van der Waals surface area contributed by atoms with E-state index in [0.29, 0.717) is 0 Å². The smallest absolute Gasteiger partial charge is 0.243 e. The van der Waals surface area contributed by atoms with Crippen LogP contribution in [-0.2, 0) is 11.2 Å². The summed E-state index contributed by atoms with van der Waals surface area (Å²) in [5, 5.41) is 9.00. The zero-order valence-electron chi connectivity index (χ0n) is 16.2. The fraction of sp³-hybridized carbons (Fsp3) is 0.261. The van der Waals surface area contributed by atoms with Crippen LogP contribution in [-0.4, -0.2) is 21.9 Å². The quantitative estimate of drug-likeness (QED) is 0.519. The maximum atomic E-state index is 11.8. The number of amides is 1. The van der Waals surface area contributed by atoms with E-state index < -0.39 is 0 Å². The molecule has 1 N–H and O–H groups in total. The number of nitrogens with one attached hydrogen (secondary N) is 1. The molecule has 5 heteroatoms. The lowest BCUT2D eigenvalue weighted by atomic mass is 10.1. The van der Waals surface area contributed by atoms with E-state index in [9.17, 15) is 4.79 Å². The zero-order chi connectivity index (χ0) is 19.5. The number of nitrogens with zero attached hydrogens (tertiary/aromatic N) is 3. The summed E-state index contributed by atoms with van der Waals surface area (Å²) in [6, 6.07) is 16.5. The lowest BCUT2D eigenvalue weighted by Crippen LogP contribution is -2.18. The van der Waals surface area contributed by atoms with Gasteiger partial charge in [0.15, 0.2) is 0 Å². The molecule has 1 heterocycles. The maximum Gasteiger partial charge on any atom is 0.243 e. The monoisotopic (exact) mass is 372 g/mol. The third kappa shape index (κ3) is 3.88. The summed E-state index contributed by atoms with van der Waals surface area (Å²) in [4.78, 5) is 11.8. The Morgan fingerprint density at radius 1 is 1.21 bits per heavy atom. The highest BCUT2D eigenvalue weighted by molar-refractivity contribution is 5.90. The summed E-state index contributed by atoms with van der Waals surface area (Å²) in [6.07, 6.45) is 6.56. The summed E-state index contributed by atoms with van der Waals surface area (Å²) in [6.45, 7) is 4.21. The number of carbonyl (C=O) groups excluding carboxylic acids is 1. The molecule has 0 radical (unpaired) electrons. The number of aryl methyl sites for hydroxylation is 2. The molecular weight excluding hydrogens is 348 g/mol. The summed E-state index contributed by atoms with van der Waals surface area (Å²) < 4.78 is 1.88. The van der Waals surface area contributed by atoms with Crippen molar-refractivity contribution in [3.8, 4) is 16.9 Å². The largest absolute Gasteiger partial charge is 0.273 e. The Balaban J connectivity index is 1.69. The molecule has 0 saturated heterocycles. The second-order valence-electron chi connectivity index (χ2n) is 7.22. The first-order chi connectivity index (χ1) is 13.7. The summed E-state index contributed by atoms with van der Waals surface area (Å²) in [5.41, 5.74) is 8.83. The van der Waals surface area contributed by atoms with E-state index in [4.69, 9.17) is 5.10 Å². The molecule has 28 heavy (non-hydrogen) atoms. The van der Waals surface area contributed by atoms with Crippen molar-refractivity contribution in [1.29, 1.82) is 0 Å². The number of aromatic nitrogens is 2. The van der Waals surface area contributed by atoms with Crippen LogP contribution in [0.3, 0.4) is 0 Å². The minimum Gasteiger partial charge on any atom is -0.273 e. The molecule has 0 atom stereocenters. The van der Waals surface area contributed by atoms with E-state index in [1.807, 2.05) is 29.1 Å². The van der Waals surface area contributed by atoms with E-state index >= 15 is 0 Å². The van der Waals surface area contributed by atoms with Gasteiger partial charge in [0.1, 0.15) is 5.69 Å². The molecule has 2 aromatic carbocycles. The zero-order valence-corrected chi connectivity index (χ0v) is 16.2. The lowest BCUT2D eigenvalue weighted by molar-refractivity contribution is -0.122. The Kier molecular flexibility index (Phi) is 5.06. The predicted octanol–water partition coefficient (Wildman–Crippen LogP) is 4.27. The van der Waals surface area contributed by atoms with Crippen LogP contribution in [0, 0.1) is 12.8 Å². The van der Waals surface area contributed by atoms with E-state index in [-0.39, 0.29) is 11.8 Å². The van der Waals surface area contributed by atoms with Gasteiger partial charge in [0.05, 0.1) is 11.9 Å². The normalized spacial score (nSPS) is 13.8. The minimum atomic E-state index is -0.00334. The van der Waals surface area contributed by atoms with Gasteiger partial charge in [-0.15, -0.1) is 0 Å². The molecule has 1 aromatic heterocycles. The first-order valence-corrected chi connectivity index (χ1v) is 9.73. The molecule has 1 aliphatic carbocycles. The average Bonchev–Trinajstić information content (AvgIpc) is 3.49. The molecule has 3 aromatic rings. The number of hydrogen-bond acceptors (Lipinski definition) is 3. The van der Waals surface area contributed by atoms with Crippen molar-refractivity contribution in [2.75, 3.05) is 0 Å². The number of hydrogen-bond donors (Lipinski definition) is 1. The molecule has 0 aliphatic heterocycles. The van der Waals surface area contributed by atoms with Gasteiger partial charge in [-0.3, -0.25) is 4.79 Å². The summed E-state index contributed by atoms with van der Waals surface area (Å²) >= 11 is 0. The van der Waals surface area contributed by atoms with Crippen LogP contribution in [0.15, 0.2) is 59.8 Å². The van der Waals surface area contributed by atoms with Gasteiger partial charge < -0.3 is 0 Å². The van der Waals surface area contributed by atoms with Crippen molar-refractivity contribution in [3.05, 3.63) is 71.4 Å². The number of hydrazone groups is 1. The van der Waals surface area contributed by atoms with Crippen LogP contribution in [0.1, 0.15) is 36.5 Å². The van der Waals surface area contributed by atoms with Gasteiger partial charge >= 0.3 is 0 Å². The SMILES string of the molecule is CCc1ccc(-c2nn(-c3ccccc3C)cc2/C=N\NC(=O)C2CC2)cc1. The molecule has 1 amide bonds. The Morgan fingerprint density at radius 2 is 1.96 bits per heavy atom. The van der Waals surface area contributed by atoms with Crippen molar-refractivity contribution in [3.63, 3.8) is 0 Å². The van der Waals surface area contributed by atoms with Gasteiger partial charge in [-0.25, -0.2) is 10.1 Å². The Labute approximate surface area is 165 Å². The van der Waals surface area contributed by atoms with Crippen molar-refractivity contribution in [2.24, 2.45) is 11.0 Å². The van der Waals surface area contributed by atoms with E-state index in [2.05, 4.69) is 54.7 Å². The third-order valence-corrected chi connectivity index (χ3v) is 5.07. The first-order valence-electron chi connectivity index (χ1n) is 9.73. The average molecular weight is 372 g/mol. The number of benzene rings is 2. The fourth-order valence-electron chi connectivity index (χ4n) is 3.15. The highest BCUT2D eigenvalue weighted by Gasteiger charge is 2.29. The lowest BCUT2D eigenvalue weighted by Gasteiger charge is -2.05. The second kappa shape index (κ2) is 7.80. The molecule has 5 nitrogen and oxygen atoms in total. The summed E-state index contributed by atoms with van der Waals surface area (Å²) in [7, 11) is 0. The Morgan fingerprint density at radius 3 is 2.64 bits per heavy atom. The molecule has 1 aliphatic rings. The van der Waals surface area contributed by atoms with Crippen LogP contribution in [0.5, 0.6) is 0 Å². The molecule has 1 fully saturated rings. The summed E-state index contributed by atoms with van der Waals surface area (Å²) in [5.74, 6) is 0.129. The van der Waals surface area contributed by atoms with Crippen LogP contribution >= 0.6 is 0 Å². The van der Waals surface area contributed by atoms with Crippen molar-refractivity contribution >= 4 is 12.1 Å². The molecule has 0 bridgehead atoms. The van der Waals surface area contributed by atoms with Crippen LogP contribution in [0.2, 0.25) is 0 Å². The maximum absolute atomic E-state index is 11.8. The van der Waals surface area contributed by atoms with E-state index in [0.717, 1.165) is 47.3 Å². The molecule has 0 unspecified atom stereocenters. The van der Waals surface area contributed by atoms with Crippen molar-refractivity contribution < 1.29 is 4.79 Å². The van der Waals surface area contributed by atoms with Crippen molar-refractivity contribution in [2.45, 2.75) is 33.1 Å². The van der Waals surface area contributed by atoms with Crippen LogP contribution < -0.4 is 5.43 Å². The van der Waals surface area contributed by atoms with Gasteiger partial charge in [-0.1, -0.05) is 49.4 Å². The first kappa shape index (κ1) is 18.2. The van der Waals surface area contributed by atoms with Crippen LogP contribution in [0.4, 0.5) is 0 Å². The van der Waals surface area contributed by atoms with E-state index in [1.54, 1.807) is 6.21 Å². The molecule has 1 saturated carbocycles. The van der Waals surface area contributed by atoms with Gasteiger partial charge in [0, 0.05) is 23.2 Å². The Bertz CT molecular complexity index is 1010. The van der Waals surface area contributed by atoms with Gasteiger partial charge in [-0.2, -0.15) is 10.2 Å². The molecular formula is C23H24N4O. The number of para-hydroxylation sites is 1. The second-order valence-corrected chi connectivity index (χ2v) is 7.22. The minimum absolute atomic E-state index is 0.00334.